The predicted octanol–water partition coefficient (Wildman–Crippen LogP) is 2.33. The van der Waals surface area contributed by atoms with E-state index in [1.807, 2.05) is 0 Å². The van der Waals surface area contributed by atoms with Crippen LogP contribution >= 0.6 is 0 Å². The number of halogens is 1. The van der Waals surface area contributed by atoms with Crippen LogP contribution in [0.4, 0.5) is 4.39 Å². The summed E-state index contributed by atoms with van der Waals surface area (Å²) in [6, 6.07) is 10.2. The first-order chi connectivity index (χ1) is 13.3. The van der Waals surface area contributed by atoms with Crippen LogP contribution in [0.2, 0.25) is 0 Å². The highest BCUT2D eigenvalue weighted by Crippen LogP contribution is 2.23. The lowest BCUT2D eigenvalue weighted by Gasteiger charge is -2.22. The highest BCUT2D eigenvalue weighted by Gasteiger charge is 2.40. The molecule has 2 aromatic carbocycles. The topological polar surface area (TPSA) is 92.8 Å². The van der Waals surface area contributed by atoms with Gasteiger partial charge < -0.3 is 10.2 Å². The van der Waals surface area contributed by atoms with E-state index in [1.165, 1.54) is 30.3 Å². The number of amides is 3. The van der Waals surface area contributed by atoms with Crippen LogP contribution in [0, 0.1) is 11.7 Å². The predicted molar refractivity (Wildman–Crippen MR) is 95.5 cm³/mol. The van der Waals surface area contributed by atoms with Crippen molar-refractivity contribution in [3.63, 3.8) is 0 Å². The van der Waals surface area contributed by atoms with Crippen LogP contribution in [0.15, 0.2) is 48.5 Å². The summed E-state index contributed by atoms with van der Waals surface area (Å²) in [6.07, 6.45) is 0. The van der Waals surface area contributed by atoms with E-state index in [2.05, 4.69) is 5.32 Å². The van der Waals surface area contributed by atoms with Crippen molar-refractivity contribution in [2.45, 2.75) is 19.9 Å². The largest absolute Gasteiger partial charge is 0.355 e. The zero-order chi connectivity index (χ0) is 20.4. The van der Waals surface area contributed by atoms with Crippen molar-refractivity contribution < 1.29 is 28.4 Å². The van der Waals surface area contributed by atoms with Crippen molar-refractivity contribution in [3.8, 4) is 0 Å². The Morgan fingerprint density at radius 2 is 1.50 bits per heavy atom. The van der Waals surface area contributed by atoms with E-state index >= 15 is 0 Å². The molecule has 2 aromatic rings. The van der Waals surface area contributed by atoms with E-state index in [9.17, 15) is 23.6 Å². The van der Waals surface area contributed by atoms with Crippen molar-refractivity contribution >= 4 is 23.7 Å². The lowest BCUT2D eigenvalue weighted by Crippen LogP contribution is -2.48. The third-order valence-electron chi connectivity index (χ3n) is 4.26. The van der Waals surface area contributed by atoms with Crippen LogP contribution in [-0.2, 0) is 9.63 Å². The molecule has 0 aliphatic carbocycles. The molecule has 0 spiro atoms. The summed E-state index contributed by atoms with van der Waals surface area (Å²) >= 11 is 0. The van der Waals surface area contributed by atoms with E-state index in [0.29, 0.717) is 5.06 Å². The quantitative estimate of drug-likeness (QED) is 0.799. The van der Waals surface area contributed by atoms with Gasteiger partial charge in [-0.3, -0.25) is 14.4 Å². The van der Waals surface area contributed by atoms with Gasteiger partial charge in [0, 0.05) is 0 Å². The molecule has 0 aromatic heterocycles. The molecule has 28 heavy (non-hydrogen) atoms. The molecule has 1 unspecified atom stereocenters. The maximum absolute atomic E-state index is 13.8. The third kappa shape index (κ3) is 3.48. The molecule has 0 saturated carbocycles. The average molecular weight is 384 g/mol. The second-order valence-electron chi connectivity index (χ2n) is 6.54. The van der Waals surface area contributed by atoms with Crippen molar-refractivity contribution in [2.75, 3.05) is 0 Å². The number of nitrogens with one attached hydrogen (secondary N) is 1. The molecule has 1 N–H and O–H groups in total. The molecule has 3 amide bonds. The maximum Gasteiger partial charge on any atom is 0.355 e. The minimum atomic E-state index is -1.20. The first-order valence-electron chi connectivity index (χ1n) is 8.56. The number of imide groups is 1. The fraction of sp³-hybridized carbons (Fsp3) is 0.200. The van der Waals surface area contributed by atoms with Gasteiger partial charge in [-0.25, -0.2) is 9.18 Å². The van der Waals surface area contributed by atoms with Crippen LogP contribution in [0.1, 0.15) is 44.9 Å². The molecule has 0 fully saturated rings. The number of carbonyl (C=O) groups is 4. The summed E-state index contributed by atoms with van der Waals surface area (Å²) in [5, 5.41) is 2.77. The molecule has 144 valence electrons. The van der Waals surface area contributed by atoms with Gasteiger partial charge in [0.15, 0.2) is 0 Å². The van der Waals surface area contributed by atoms with Gasteiger partial charge in [-0.2, -0.15) is 0 Å². The van der Waals surface area contributed by atoms with Gasteiger partial charge >= 0.3 is 5.97 Å². The molecule has 1 aliphatic rings. The van der Waals surface area contributed by atoms with Gasteiger partial charge in [0.05, 0.1) is 16.7 Å². The summed E-state index contributed by atoms with van der Waals surface area (Å²) in [6.45, 7) is 3.27. The summed E-state index contributed by atoms with van der Waals surface area (Å²) in [5.41, 5.74) is 0.00950. The minimum absolute atomic E-state index is 0.122. The number of benzene rings is 2. The van der Waals surface area contributed by atoms with Crippen LogP contribution in [-0.4, -0.2) is 34.8 Å². The van der Waals surface area contributed by atoms with Crippen LogP contribution in [0.3, 0.4) is 0 Å². The fourth-order valence-electron chi connectivity index (χ4n) is 2.76. The summed E-state index contributed by atoms with van der Waals surface area (Å²) in [4.78, 5) is 54.5. The molecule has 8 heteroatoms. The molecule has 1 aliphatic heterocycles. The van der Waals surface area contributed by atoms with Gasteiger partial charge in [0.1, 0.15) is 11.9 Å². The van der Waals surface area contributed by atoms with Gasteiger partial charge in [0.2, 0.25) is 0 Å². The smallest absolute Gasteiger partial charge is 0.338 e. The average Bonchev–Trinajstić information content (AvgIpc) is 2.91. The van der Waals surface area contributed by atoms with Crippen LogP contribution in [0.5, 0.6) is 0 Å². The lowest BCUT2D eigenvalue weighted by atomic mass is 10.0. The highest BCUT2D eigenvalue weighted by molar-refractivity contribution is 6.21. The summed E-state index contributed by atoms with van der Waals surface area (Å²) in [7, 11) is 0. The molecule has 1 heterocycles. The van der Waals surface area contributed by atoms with Gasteiger partial charge in [-0.1, -0.05) is 43.2 Å². The fourth-order valence-corrected chi connectivity index (χ4v) is 2.76. The summed E-state index contributed by atoms with van der Waals surface area (Å²) < 4.78 is 13.8. The highest BCUT2D eigenvalue weighted by atomic mass is 19.1. The van der Waals surface area contributed by atoms with Crippen LogP contribution < -0.4 is 5.32 Å². The van der Waals surface area contributed by atoms with Gasteiger partial charge in [-0.15, -0.1) is 0 Å². The van der Waals surface area contributed by atoms with Crippen molar-refractivity contribution in [2.24, 2.45) is 5.92 Å². The van der Waals surface area contributed by atoms with Gasteiger partial charge in [0.25, 0.3) is 17.7 Å². The Morgan fingerprint density at radius 1 is 0.964 bits per heavy atom. The monoisotopic (exact) mass is 384 g/mol. The van der Waals surface area contributed by atoms with E-state index in [4.69, 9.17) is 4.84 Å². The Bertz CT molecular complexity index is 938. The molecular formula is C20H17FN2O5. The third-order valence-corrected chi connectivity index (χ3v) is 4.26. The Balaban J connectivity index is 1.76. The number of hydrogen-bond donors (Lipinski definition) is 1. The summed E-state index contributed by atoms with van der Waals surface area (Å²) in [5.74, 6) is -4.53. The molecule has 0 saturated heterocycles. The van der Waals surface area contributed by atoms with Gasteiger partial charge in [-0.05, 0) is 30.2 Å². The Labute approximate surface area is 160 Å². The maximum atomic E-state index is 13.8. The number of rotatable bonds is 5. The molecule has 7 nitrogen and oxygen atoms in total. The van der Waals surface area contributed by atoms with Crippen molar-refractivity contribution in [1.29, 1.82) is 0 Å². The Kier molecular flexibility index (Phi) is 5.21. The number of hydroxylamine groups is 2. The van der Waals surface area contributed by atoms with E-state index in [-0.39, 0.29) is 16.7 Å². The Morgan fingerprint density at radius 3 is 2.04 bits per heavy atom. The van der Waals surface area contributed by atoms with E-state index in [0.717, 1.165) is 6.07 Å². The normalized spacial score (nSPS) is 14.1. The first-order valence-corrected chi connectivity index (χ1v) is 8.56. The number of fused-ring (bicyclic) bond motifs is 1. The van der Waals surface area contributed by atoms with Crippen molar-refractivity contribution in [1.82, 2.24) is 10.4 Å². The first kappa shape index (κ1) is 19.2. The van der Waals surface area contributed by atoms with E-state index < -0.39 is 41.5 Å². The molecular weight excluding hydrogens is 367 g/mol. The standard InChI is InChI=1S/C20H17FN2O5/c1-11(2)16(22-17(24)14-9-5-6-10-15(14)21)20(27)28-23-18(25)12-7-3-4-8-13(12)19(23)26/h3-11,16H,1-2H3,(H,22,24). The second-order valence-corrected chi connectivity index (χ2v) is 6.54. The number of nitrogens with zero attached hydrogens (tertiary/aromatic N) is 1. The van der Waals surface area contributed by atoms with E-state index in [1.54, 1.807) is 26.0 Å². The van der Waals surface area contributed by atoms with Crippen molar-refractivity contribution in [3.05, 3.63) is 71.0 Å². The number of carbonyl (C=O) groups excluding carboxylic acids is 4. The molecule has 0 bridgehead atoms. The zero-order valence-electron chi connectivity index (χ0n) is 15.1. The zero-order valence-corrected chi connectivity index (χ0v) is 15.1. The Hall–Kier alpha value is -3.55. The SMILES string of the molecule is CC(C)C(NC(=O)c1ccccc1F)C(=O)ON1C(=O)c2ccccc2C1=O. The molecule has 0 radical (unpaired) electrons. The lowest BCUT2D eigenvalue weighted by molar-refractivity contribution is -0.172. The van der Waals surface area contributed by atoms with Crippen LogP contribution in [0.25, 0.3) is 0 Å². The molecule has 1 atom stereocenters. The molecule has 3 rings (SSSR count). The minimum Gasteiger partial charge on any atom is -0.338 e. The second kappa shape index (κ2) is 7.59. The number of hydrogen-bond acceptors (Lipinski definition) is 5.